The molecule has 0 aliphatic carbocycles. The van der Waals surface area contributed by atoms with Crippen LogP contribution in [0.2, 0.25) is 0 Å². The summed E-state index contributed by atoms with van der Waals surface area (Å²) in [5.41, 5.74) is 0.842. The van der Waals surface area contributed by atoms with Gasteiger partial charge in [-0.25, -0.2) is 13.2 Å². The summed E-state index contributed by atoms with van der Waals surface area (Å²) in [6, 6.07) is 10.7. The number of ether oxygens (including phenoxy) is 1. The Morgan fingerprint density at radius 3 is 2.27 bits per heavy atom. The Balaban J connectivity index is 2.27. The van der Waals surface area contributed by atoms with Crippen molar-refractivity contribution in [1.29, 1.82) is 0 Å². The normalized spacial score (nSPS) is 12.0. The molecule has 0 amide bonds. The van der Waals surface area contributed by atoms with Gasteiger partial charge in [-0.05, 0) is 42.2 Å². The molecule has 3 rings (SSSR count). The second kappa shape index (κ2) is 7.60. The molecule has 0 aliphatic rings. The standard InChI is InChI=1S/C22H23NO6S/c1-13-6-8-15(9-7-13)30(26,27)23-17-11-14(22(2,3)4)10-16-18(24)12-19(21(25)28-5)29-20(16)17/h6-12,23H,1-5H3. The van der Waals surface area contributed by atoms with Gasteiger partial charge in [-0.2, -0.15) is 0 Å². The van der Waals surface area contributed by atoms with E-state index in [1.54, 1.807) is 24.3 Å². The highest BCUT2D eigenvalue weighted by Crippen LogP contribution is 2.32. The van der Waals surface area contributed by atoms with Crippen LogP contribution in [0.1, 0.15) is 42.5 Å². The van der Waals surface area contributed by atoms with Crippen LogP contribution in [0.4, 0.5) is 5.69 Å². The highest BCUT2D eigenvalue weighted by molar-refractivity contribution is 7.92. The second-order valence-electron chi connectivity index (χ2n) is 8.04. The Hall–Kier alpha value is -3.13. The maximum absolute atomic E-state index is 13.0. The number of fused-ring (bicyclic) bond motifs is 1. The molecule has 0 unspecified atom stereocenters. The van der Waals surface area contributed by atoms with E-state index in [0.29, 0.717) is 0 Å². The maximum atomic E-state index is 13.0. The van der Waals surface area contributed by atoms with Gasteiger partial charge in [0.15, 0.2) is 11.0 Å². The first-order valence-electron chi connectivity index (χ1n) is 9.22. The fourth-order valence-corrected chi connectivity index (χ4v) is 3.94. The van der Waals surface area contributed by atoms with Crippen molar-refractivity contribution in [2.45, 2.75) is 38.0 Å². The van der Waals surface area contributed by atoms with Crippen LogP contribution in [0.25, 0.3) is 11.0 Å². The fraction of sp³-hybridized carbons (Fsp3) is 0.273. The van der Waals surface area contributed by atoms with Gasteiger partial charge in [0.05, 0.1) is 23.1 Å². The monoisotopic (exact) mass is 429 g/mol. The number of esters is 1. The van der Waals surface area contributed by atoms with Gasteiger partial charge < -0.3 is 9.15 Å². The molecule has 158 valence electrons. The number of hydrogen-bond acceptors (Lipinski definition) is 6. The lowest BCUT2D eigenvalue weighted by Crippen LogP contribution is -2.17. The minimum atomic E-state index is -3.96. The third kappa shape index (κ3) is 4.23. The van der Waals surface area contributed by atoms with Crippen molar-refractivity contribution >= 4 is 32.6 Å². The van der Waals surface area contributed by atoms with Crippen molar-refractivity contribution in [3.8, 4) is 0 Å². The number of nitrogens with one attached hydrogen (secondary N) is 1. The van der Waals surface area contributed by atoms with Gasteiger partial charge in [0.1, 0.15) is 0 Å². The van der Waals surface area contributed by atoms with E-state index in [2.05, 4.69) is 9.46 Å². The zero-order valence-corrected chi connectivity index (χ0v) is 18.2. The molecule has 0 atom stereocenters. The number of sulfonamides is 1. The molecule has 0 bridgehead atoms. The number of aryl methyl sites for hydroxylation is 1. The number of rotatable bonds is 4. The number of benzene rings is 2. The summed E-state index contributed by atoms with van der Waals surface area (Å²) in [6.45, 7) is 7.68. The molecule has 1 N–H and O–H groups in total. The first kappa shape index (κ1) is 21.6. The van der Waals surface area contributed by atoms with Crippen LogP contribution in [0.5, 0.6) is 0 Å². The van der Waals surface area contributed by atoms with Gasteiger partial charge in [0.25, 0.3) is 10.0 Å². The molecular weight excluding hydrogens is 406 g/mol. The number of carbonyl (C=O) groups excluding carboxylic acids is 1. The molecule has 1 aromatic heterocycles. The molecule has 1 heterocycles. The first-order valence-corrected chi connectivity index (χ1v) is 10.7. The second-order valence-corrected chi connectivity index (χ2v) is 9.72. The zero-order chi connectivity index (χ0) is 22.3. The molecule has 30 heavy (non-hydrogen) atoms. The summed E-state index contributed by atoms with van der Waals surface area (Å²) in [7, 11) is -2.80. The molecule has 0 aliphatic heterocycles. The third-order valence-corrected chi connectivity index (χ3v) is 6.04. The van der Waals surface area contributed by atoms with Crippen LogP contribution in [-0.2, 0) is 20.2 Å². The molecule has 0 saturated heterocycles. The average Bonchev–Trinajstić information content (AvgIpc) is 2.66. The lowest BCUT2D eigenvalue weighted by Gasteiger charge is -2.21. The van der Waals surface area contributed by atoms with Crippen LogP contribution in [0.3, 0.4) is 0 Å². The minimum absolute atomic E-state index is 0.0356. The van der Waals surface area contributed by atoms with Crippen molar-refractivity contribution in [2.24, 2.45) is 0 Å². The fourth-order valence-electron chi connectivity index (χ4n) is 2.89. The predicted molar refractivity (Wildman–Crippen MR) is 115 cm³/mol. The summed E-state index contributed by atoms with van der Waals surface area (Å²) in [5.74, 6) is -1.14. The topological polar surface area (TPSA) is 103 Å². The van der Waals surface area contributed by atoms with Crippen molar-refractivity contribution in [3.05, 3.63) is 69.6 Å². The molecule has 8 heteroatoms. The number of carbonyl (C=O) groups is 1. The van der Waals surface area contributed by atoms with Crippen molar-refractivity contribution < 1.29 is 22.4 Å². The Bertz CT molecular complexity index is 1280. The number of methoxy groups -OCH3 is 1. The Labute approximate surface area is 174 Å². The maximum Gasteiger partial charge on any atom is 0.374 e. The number of anilines is 1. The van der Waals surface area contributed by atoms with Crippen LogP contribution in [0.15, 0.2) is 56.6 Å². The van der Waals surface area contributed by atoms with E-state index in [-0.39, 0.29) is 32.7 Å². The Kier molecular flexibility index (Phi) is 5.47. The van der Waals surface area contributed by atoms with Crippen molar-refractivity contribution in [2.75, 3.05) is 11.8 Å². The van der Waals surface area contributed by atoms with Crippen LogP contribution in [-0.4, -0.2) is 21.5 Å². The Morgan fingerprint density at radius 1 is 1.07 bits per heavy atom. The largest absolute Gasteiger partial charge is 0.463 e. The molecule has 7 nitrogen and oxygen atoms in total. The smallest absolute Gasteiger partial charge is 0.374 e. The molecular formula is C22H23NO6S. The summed E-state index contributed by atoms with van der Waals surface area (Å²) >= 11 is 0. The van der Waals surface area contributed by atoms with E-state index < -0.39 is 21.4 Å². The van der Waals surface area contributed by atoms with Gasteiger partial charge in [-0.15, -0.1) is 0 Å². The third-order valence-electron chi connectivity index (χ3n) is 4.66. The van der Waals surface area contributed by atoms with E-state index >= 15 is 0 Å². The quantitative estimate of drug-likeness (QED) is 0.629. The van der Waals surface area contributed by atoms with Gasteiger partial charge in [-0.3, -0.25) is 9.52 Å². The van der Waals surface area contributed by atoms with Crippen LogP contribution >= 0.6 is 0 Å². The minimum Gasteiger partial charge on any atom is -0.463 e. The van der Waals surface area contributed by atoms with E-state index in [0.717, 1.165) is 24.3 Å². The van der Waals surface area contributed by atoms with E-state index in [4.69, 9.17) is 4.42 Å². The van der Waals surface area contributed by atoms with Crippen molar-refractivity contribution in [1.82, 2.24) is 0 Å². The predicted octanol–water partition coefficient (Wildman–Crippen LogP) is 3.99. The lowest BCUT2D eigenvalue weighted by molar-refractivity contribution is 0.0565. The summed E-state index contributed by atoms with van der Waals surface area (Å²) in [4.78, 5) is 24.6. The van der Waals surface area contributed by atoms with E-state index in [1.807, 2.05) is 27.7 Å². The van der Waals surface area contributed by atoms with Crippen molar-refractivity contribution in [3.63, 3.8) is 0 Å². The van der Waals surface area contributed by atoms with E-state index in [9.17, 15) is 18.0 Å². The van der Waals surface area contributed by atoms with E-state index in [1.165, 1.54) is 12.1 Å². The molecule has 3 aromatic rings. The molecule has 2 aromatic carbocycles. The number of hydrogen-bond donors (Lipinski definition) is 1. The highest BCUT2D eigenvalue weighted by Gasteiger charge is 2.23. The zero-order valence-electron chi connectivity index (χ0n) is 17.4. The van der Waals surface area contributed by atoms with Gasteiger partial charge in [-0.1, -0.05) is 38.5 Å². The Morgan fingerprint density at radius 2 is 1.70 bits per heavy atom. The van der Waals surface area contributed by atoms with Gasteiger partial charge >= 0.3 is 5.97 Å². The average molecular weight is 429 g/mol. The van der Waals surface area contributed by atoms with Gasteiger partial charge in [0, 0.05) is 6.07 Å². The summed E-state index contributed by atoms with van der Waals surface area (Å²) < 4.78 is 38.6. The highest BCUT2D eigenvalue weighted by atomic mass is 32.2. The first-order chi connectivity index (χ1) is 13.9. The van der Waals surface area contributed by atoms with Crippen LogP contribution in [0, 0.1) is 6.92 Å². The molecule has 0 fully saturated rings. The van der Waals surface area contributed by atoms with Gasteiger partial charge in [0.2, 0.25) is 5.76 Å². The molecule has 0 spiro atoms. The summed E-state index contributed by atoms with van der Waals surface area (Å²) in [6.07, 6.45) is 0. The summed E-state index contributed by atoms with van der Waals surface area (Å²) in [5, 5.41) is 0.164. The van der Waals surface area contributed by atoms with Crippen LogP contribution < -0.4 is 10.2 Å². The SMILES string of the molecule is COC(=O)c1cc(=O)c2cc(C(C)(C)C)cc(NS(=O)(=O)c3ccc(C)cc3)c2o1. The molecule has 0 radical (unpaired) electrons. The molecule has 0 saturated carbocycles. The lowest BCUT2D eigenvalue weighted by atomic mass is 9.86.